The molecule has 0 radical (unpaired) electrons. The highest BCUT2D eigenvalue weighted by molar-refractivity contribution is 9.11. The van der Waals surface area contributed by atoms with E-state index in [1.54, 1.807) is 6.07 Å². The number of aliphatic hydroxyl groups excluding tert-OH is 1. The number of halogens is 1. The first-order chi connectivity index (χ1) is 13.5. The standard InChI is InChI=1S/C19H18BrN3O4S/c20-15-7-12-8-16(22-17(12)28-15)27-19(26)21-14(6-11-4-2-1-3-5-11)18(25)23-9-13(24)10-23/h1-5,7-8,13-14,22,24H,6,9-10H2,(H,21,26)/t14-/m0/s1. The zero-order valence-electron chi connectivity index (χ0n) is 14.7. The third-order valence-corrected chi connectivity index (χ3v) is 6.07. The molecule has 0 aliphatic carbocycles. The van der Waals surface area contributed by atoms with Crippen molar-refractivity contribution in [3.63, 3.8) is 0 Å². The number of nitrogens with zero attached hydrogens (tertiary/aromatic N) is 1. The van der Waals surface area contributed by atoms with E-state index in [0.29, 0.717) is 12.3 Å². The molecule has 2 amide bonds. The Labute approximate surface area is 173 Å². The number of rotatable bonds is 5. The lowest BCUT2D eigenvalue weighted by Crippen LogP contribution is -2.60. The first kappa shape index (κ1) is 19.0. The second kappa shape index (κ2) is 7.94. The van der Waals surface area contributed by atoms with Crippen LogP contribution in [0.25, 0.3) is 10.2 Å². The summed E-state index contributed by atoms with van der Waals surface area (Å²) in [5.41, 5.74) is 0.924. The highest BCUT2D eigenvalue weighted by Gasteiger charge is 2.34. The minimum Gasteiger partial charge on any atom is -0.393 e. The molecule has 0 unspecified atom stereocenters. The number of aromatic amines is 1. The molecule has 1 aliphatic heterocycles. The largest absolute Gasteiger partial charge is 0.414 e. The number of hydrogen-bond acceptors (Lipinski definition) is 5. The van der Waals surface area contributed by atoms with Crippen LogP contribution in [-0.4, -0.2) is 52.2 Å². The van der Waals surface area contributed by atoms with Crippen molar-refractivity contribution < 1.29 is 19.4 Å². The highest BCUT2D eigenvalue weighted by atomic mass is 79.9. The molecule has 0 saturated carbocycles. The molecular weight excluding hydrogens is 446 g/mol. The van der Waals surface area contributed by atoms with E-state index in [1.807, 2.05) is 36.4 Å². The Hall–Kier alpha value is -2.36. The zero-order chi connectivity index (χ0) is 19.7. The van der Waals surface area contributed by atoms with Crippen molar-refractivity contribution in [1.82, 2.24) is 15.2 Å². The number of H-pyrrole nitrogens is 1. The van der Waals surface area contributed by atoms with Gasteiger partial charge in [0.2, 0.25) is 11.8 Å². The first-order valence-corrected chi connectivity index (χ1v) is 10.4. The van der Waals surface area contributed by atoms with Gasteiger partial charge in [-0.2, -0.15) is 0 Å². The fraction of sp³-hybridized carbons (Fsp3) is 0.263. The van der Waals surface area contributed by atoms with Gasteiger partial charge in [0, 0.05) is 31.0 Å². The average molecular weight is 464 g/mol. The van der Waals surface area contributed by atoms with Crippen LogP contribution in [0.15, 0.2) is 46.3 Å². The van der Waals surface area contributed by atoms with Gasteiger partial charge in [-0.1, -0.05) is 30.3 Å². The van der Waals surface area contributed by atoms with Crippen molar-refractivity contribution in [3.8, 4) is 5.88 Å². The number of β-amino-alcohol motifs (C(OH)–C–C–N with tert-alkyl or cyclic N) is 1. The van der Waals surface area contributed by atoms with Gasteiger partial charge in [0.1, 0.15) is 10.9 Å². The molecule has 0 spiro atoms. The summed E-state index contributed by atoms with van der Waals surface area (Å²) < 4.78 is 6.32. The summed E-state index contributed by atoms with van der Waals surface area (Å²) in [4.78, 5) is 30.6. The number of nitrogens with one attached hydrogen (secondary N) is 2. The molecule has 28 heavy (non-hydrogen) atoms. The Morgan fingerprint density at radius 3 is 2.75 bits per heavy atom. The molecule has 9 heteroatoms. The topological polar surface area (TPSA) is 94.7 Å². The van der Waals surface area contributed by atoms with Gasteiger partial charge in [0.05, 0.1) is 9.89 Å². The molecule has 7 nitrogen and oxygen atoms in total. The summed E-state index contributed by atoms with van der Waals surface area (Å²) in [6, 6.07) is 12.3. The molecule has 1 fully saturated rings. The van der Waals surface area contributed by atoms with Crippen LogP contribution in [0.4, 0.5) is 4.79 Å². The summed E-state index contributed by atoms with van der Waals surface area (Å²) in [6.45, 7) is 0.561. The van der Waals surface area contributed by atoms with E-state index in [0.717, 1.165) is 19.6 Å². The summed E-state index contributed by atoms with van der Waals surface area (Å²) in [6.07, 6.45) is -0.864. The quantitative estimate of drug-likeness (QED) is 0.541. The van der Waals surface area contributed by atoms with Crippen LogP contribution in [0.5, 0.6) is 5.88 Å². The number of amides is 2. The van der Waals surface area contributed by atoms with Crippen molar-refractivity contribution in [2.75, 3.05) is 13.1 Å². The Balaban J connectivity index is 1.44. The number of hydrogen-bond donors (Lipinski definition) is 3. The van der Waals surface area contributed by atoms with Crippen LogP contribution in [0.3, 0.4) is 0 Å². The Morgan fingerprint density at radius 2 is 2.07 bits per heavy atom. The molecule has 3 aromatic rings. The zero-order valence-corrected chi connectivity index (χ0v) is 17.1. The van der Waals surface area contributed by atoms with Gasteiger partial charge in [-0.15, -0.1) is 11.3 Å². The van der Waals surface area contributed by atoms with E-state index < -0.39 is 18.2 Å². The Morgan fingerprint density at radius 1 is 1.32 bits per heavy atom. The number of ether oxygens (including phenoxy) is 1. The molecule has 2 aromatic heterocycles. The predicted molar refractivity (Wildman–Crippen MR) is 110 cm³/mol. The van der Waals surface area contributed by atoms with E-state index >= 15 is 0 Å². The first-order valence-electron chi connectivity index (χ1n) is 8.75. The number of fused-ring (bicyclic) bond motifs is 1. The van der Waals surface area contributed by atoms with Crippen LogP contribution in [0, 0.1) is 0 Å². The number of thiophene rings is 1. The lowest BCUT2D eigenvalue weighted by molar-refractivity contribution is -0.143. The Kier molecular flexibility index (Phi) is 5.38. The molecule has 1 atom stereocenters. The van der Waals surface area contributed by atoms with E-state index in [4.69, 9.17) is 4.74 Å². The summed E-state index contributed by atoms with van der Waals surface area (Å²) in [5.74, 6) is 0.0824. The fourth-order valence-electron chi connectivity index (χ4n) is 3.10. The normalized spacial score (nSPS) is 15.3. The van der Waals surface area contributed by atoms with Gasteiger partial charge in [-0.05, 0) is 27.6 Å². The van der Waals surface area contributed by atoms with Crippen molar-refractivity contribution >= 4 is 49.5 Å². The van der Waals surface area contributed by atoms with Crippen molar-refractivity contribution in [1.29, 1.82) is 0 Å². The maximum atomic E-state index is 12.7. The minimum absolute atomic E-state index is 0.234. The van der Waals surface area contributed by atoms with Crippen molar-refractivity contribution in [3.05, 3.63) is 51.8 Å². The number of carbonyl (C=O) groups is 2. The van der Waals surface area contributed by atoms with Crippen LogP contribution in [0.2, 0.25) is 0 Å². The lowest BCUT2D eigenvalue weighted by Gasteiger charge is -2.38. The van der Waals surface area contributed by atoms with Gasteiger partial charge in [-0.3, -0.25) is 4.79 Å². The van der Waals surface area contributed by atoms with Crippen molar-refractivity contribution in [2.24, 2.45) is 0 Å². The van der Waals surface area contributed by atoms with E-state index in [-0.39, 0.29) is 19.0 Å². The second-order valence-corrected chi connectivity index (χ2v) is 9.07. The number of likely N-dealkylation sites (tertiary alicyclic amines) is 1. The number of benzene rings is 1. The molecule has 0 bridgehead atoms. The van der Waals surface area contributed by atoms with Crippen molar-refractivity contribution in [2.45, 2.75) is 18.6 Å². The van der Waals surface area contributed by atoms with Crippen LogP contribution in [-0.2, 0) is 11.2 Å². The summed E-state index contributed by atoms with van der Waals surface area (Å²) in [5, 5.41) is 13.1. The van der Waals surface area contributed by atoms with E-state index in [1.165, 1.54) is 16.2 Å². The number of carbonyl (C=O) groups excluding carboxylic acids is 2. The molecule has 146 valence electrons. The van der Waals surface area contributed by atoms with Gasteiger partial charge in [-0.25, -0.2) is 4.79 Å². The monoisotopic (exact) mass is 463 g/mol. The second-order valence-electron chi connectivity index (χ2n) is 6.64. The Bertz CT molecular complexity index is 966. The molecular formula is C19H18BrN3O4S. The molecule has 1 aromatic carbocycles. The number of aliphatic hydroxyl groups is 1. The van der Waals surface area contributed by atoms with Crippen LogP contribution < -0.4 is 10.1 Å². The molecule has 3 heterocycles. The van der Waals surface area contributed by atoms with Crippen LogP contribution in [0.1, 0.15) is 5.56 Å². The average Bonchev–Trinajstić information content (AvgIpc) is 3.15. The molecule has 1 aliphatic rings. The molecule has 1 saturated heterocycles. The van der Waals surface area contributed by atoms with Crippen LogP contribution >= 0.6 is 27.3 Å². The maximum absolute atomic E-state index is 12.7. The summed E-state index contributed by atoms with van der Waals surface area (Å²) in [7, 11) is 0. The van der Waals surface area contributed by atoms with Gasteiger partial charge < -0.3 is 25.0 Å². The van der Waals surface area contributed by atoms with Gasteiger partial charge >= 0.3 is 6.09 Å². The number of aromatic nitrogens is 1. The third kappa shape index (κ3) is 4.21. The molecule has 3 N–H and O–H groups in total. The minimum atomic E-state index is -0.771. The maximum Gasteiger partial charge on any atom is 0.414 e. The van der Waals surface area contributed by atoms with E-state index in [9.17, 15) is 14.7 Å². The lowest BCUT2D eigenvalue weighted by atomic mass is 10.0. The fourth-order valence-corrected chi connectivity index (χ4v) is 4.60. The highest BCUT2D eigenvalue weighted by Crippen LogP contribution is 2.32. The van der Waals surface area contributed by atoms with Gasteiger partial charge in [0.25, 0.3) is 0 Å². The smallest absolute Gasteiger partial charge is 0.393 e. The predicted octanol–water partition coefficient (Wildman–Crippen LogP) is 2.89. The third-order valence-electron chi connectivity index (χ3n) is 4.50. The summed E-state index contributed by atoms with van der Waals surface area (Å²) >= 11 is 4.91. The van der Waals surface area contributed by atoms with Gasteiger partial charge in [0.15, 0.2) is 0 Å². The SMILES string of the molecule is O=C(N[C@@H](Cc1ccccc1)C(=O)N1CC(O)C1)Oc1cc2cc(Br)sc2[nH]1. The molecule has 4 rings (SSSR count). The van der Waals surface area contributed by atoms with E-state index in [2.05, 4.69) is 26.2 Å².